The molecule has 0 aliphatic rings. The minimum atomic E-state index is -4.41. The number of methoxy groups -OCH3 is 2. The molecule has 0 radical (unpaired) electrons. The number of nitrogens with zero attached hydrogens (tertiary/aromatic N) is 5. The van der Waals surface area contributed by atoms with E-state index >= 15 is 0 Å². The Balaban J connectivity index is 1.60. The number of aromatic nitrogens is 5. The summed E-state index contributed by atoms with van der Waals surface area (Å²) < 4.78 is 61.4. The number of rotatable bonds is 9. The van der Waals surface area contributed by atoms with Crippen molar-refractivity contribution >= 4 is 11.0 Å². The summed E-state index contributed by atoms with van der Waals surface area (Å²) in [7, 11) is 2.72. The van der Waals surface area contributed by atoms with Gasteiger partial charge in [-0.15, -0.1) is 10.2 Å². The summed E-state index contributed by atoms with van der Waals surface area (Å²) in [5.74, 6) is -0.834. The number of halogens is 3. The van der Waals surface area contributed by atoms with E-state index < -0.39 is 29.6 Å². The van der Waals surface area contributed by atoms with Gasteiger partial charge >= 0.3 is 6.18 Å². The van der Waals surface area contributed by atoms with Crippen molar-refractivity contribution in [3.8, 4) is 34.5 Å². The van der Waals surface area contributed by atoms with Crippen molar-refractivity contribution in [2.75, 3.05) is 14.2 Å². The minimum absolute atomic E-state index is 0.0717. The van der Waals surface area contributed by atoms with E-state index in [-0.39, 0.29) is 54.1 Å². The van der Waals surface area contributed by atoms with Gasteiger partial charge in [0, 0.05) is 18.2 Å². The van der Waals surface area contributed by atoms with Crippen LogP contribution in [0.4, 0.5) is 13.2 Å². The number of hydrogen-bond acceptors (Lipinski definition) is 10. The normalized spacial score (nSPS) is 11.7. The second-order valence-electron chi connectivity index (χ2n) is 8.65. The molecule has 0 atom stereocenters. The molecule has 40 heavy (non-hydrogen) atoms. The monoisotopic (exact) mass is 557 g/mol. The highest BCUT2D eigenvalue weighted by Crippen LogP contribution is 2.35. The zero-order valence-corrected chi connectivity index (χ0v) is 21.2. The first-order valence-corrected chi connectivity index (χ1v) is 12.0. The van der Waals surface area contributed by atoms with Crippen LogP contribution in [0.5, 0.6) is 17.4 Å². The van der Waals surface area contributed by atoms with Gasteiger partial charge in [-0.25, -0.2) is 0 Å². The Morgan fingerprint density at radius 1 is 1.02 bits per heavy atom. The molecule has 5 aromatic rings. The molecule has 0 saturated heterocycles. The lowest BCUT2D eigenvalue weighted by atomic mass is 10.2. The Bertz CT molecular complexity index is 1700. The zero-order valence-electron chi connectivity index (χ0n) is 21.2. The molecule has 2 aromatic carbocycles. The Labute approximate surface area is 223 Å². The van der Waals surface area contributed by atoms with Gasteiger partial charge in [-0.05, 0) is 30.7 Å². The Kier molecular flexibility index (Phi) is 7.15. The molecule has 3 aromatic heterocycles. The van der Waals surface area contributed by atoms with Crippen molar-refractivity contribution in [1.82, 2.24) is 24.9 Å². The highest BCUT2D eigenvalue weighted by atomic mass is 19.4. The van der Waals surface area contributed by atoms with Crippen LogP contribution in [0.25, 0.3) is 28.1 Å². The van der Waals surface area contributed by atoms with E-state index in [1.54, 1.807) is 30.3 Å². The lowest BCUT2D eigenvalue weighted by molar-refractivity contribution is -0.135. The average Bonchev–Trinajstić information content (AvgIpc) is 3.55. The van der Waals surface area contributed by atoms with E-state index in [4.69, 9.17) is 18.4 Å². The van der Waals surface area contributed by atoms with Crippen LogP contribution in [0.2, 0.25) is 0 Å². The summed E-state index contributed by atoms with van der Waals surface area (Å²) in [6, 6.07) is 11.9. The molecule has 3 heterocycles. The molecule has 1 N–H and O–H groups in total. The lowest BCUT2D eigenvalue weighted by Gasteiger charge is -2.19. The lowest BCUT2D eigenvalue weighted by Crippen LogP contribution is -2.26. The van der Waals surface area contributed by atoms with Gasteiger partial charge in [0.15, 0.2) is 11.1 Å². The summed E-state index contributed by atoms with van der Waals surface area (Å²) in [4.78, 5) is 18.0. The Morgan fingerprint density at radius 2 is 1.75 bits per heavy atom. The summed E-state index contributed by atoms with van der Waals surface area (Å²) in [6.07, 6.45) is -6.13. The molecule has 0 amide bonds. The van der Waals surface area contributed by atoms with E-state index in [1.807, 2.05) is 12.1 Å². The van der Waals surface area contributed by atoms with Crippen LogP contribution in [0.15, 0.2) is 56.2 Å². The number of ether oxygens (including phenoxy) is 2. The molecule has 208 valence electrons. The quantitative estimate of drug-likeness (QED) is 0.273. The van der Waals surface area contributed by atoms with Crippen molar-refractivity contribution in [2.45, 2.75) is 31.9 Å². The number of para-hydroxylation sites is 2. The first-order valence-electron chi connectivity index (χ1n) is 12.0. The van der Waals surface area contributed by atoms with E-state index in [9.17, 15) is 23.1 Å². The smallest absolute Gasteiger partial charge is 0.389 e. The fourth-order valence-electron chi connectivity index (χ4n) is 4.27. The van der Waals surface area contributed by atoms with Crippen LogP contribution in [0.3, 0.4) is 0 Å². The van der Waals surface area contributed by atoms with Gasteiger partial charge in [0.2, 0.25) is 11.8 Å². The van der Waals surface area contributed by atoms with E-state index in [0.29, 0.717) is 11.3 Å². The predicted molar refractivity (Wildman–Crippen MR) is 134 cm³/mol. The van der Waals surface area contributed by atoms with Gasteiger partial charge in [-0.2, -0.15) is 18.2 Å². The fourth-order valence-corrected chi connectivity index (χ4v) is 4.27. The minimum Gasteiger partial charge on any atom is -0.494 e. The third-order valence-corrected chi connectivity index (χ3v) is 6.07. The number of aromatic hydroxyl groups is 1. The zero-order chi connectivity index (χ0) is 28.4. The standard InChI is InChI=1S/C26H22F3N5O6/c1-37-17-9-5-10-18(38-2)22(17)34-19(11-6-12-26(27,28)29)30-23(35)21(25(34)36)24-32-31-20(39-24)13-15-14-7-3-4-8-16(14)40-33-15/h3-5,7-10,35H,6,11-13H2,1-2H3. The van der Waals surface area contributed by atoms with Crippen LogP contribution in [-0.2, 0) is 12.8 Å². The summed E-state index contributed by atoms with van der Waals surface area (Å²) in [5, 5.41) is 23.4. The highest BCUT2D eigenvalue weighted by molar-refractivity contribution is 5.79. The molecule has 0 spiro atoms. The number of fused-ring (bicyclic) bond motifs is 1. The van der Waals surface area contributed by atoms with Gasteiger partial charge in [-0.3, -0.25) is 9.36 Å². The topological polar surface area (TPSA) is 139 Å². The Hall–Kier alpha value is -4.88. The van der Waals surface area contributed by atoms with Crippen LogP contribution in [0, 0.1) is 0 Å². The maximum atomic E-state index is 13.9. The SMILES string of the molecule is COc1cccc(OC)c1-n1c(CCCC(F)(F)F)nc(O)c(-c2nnc(Cc3noc4ccccc34)o2)c1=O. The Morgan fingerprint density at radius 3 is 2.45 bits per heavy atom. The van der Waals surface area contributed by atoms with Crippen molar-refractivity contribution in [3.63, 3.8) is 0 Å². The third-order valence-electron chi connectivity index (χ3n) is 6.07. The molecule has 0 fully saturated rings. The molecule has 0 saturated carbocycles. The van der Waals surface area contributed by atoms with Crippen molar-refractivity contribution in [3.05, 3.63) is 70.2 Å². The molecular weight excluding hydrogens is 535 g/mol. The van der Waals surface area contributed by atoms with Crippen LogP contribution < -0.4 is 15.0 Å². The molecule has 0 bridgehead atoms. The van der Waals surface area contributed by atoms with E-state index in [1.165, 1.54) is 14.2 Å². The fraction of sp³-hybridized carbons (Fsp3) is 0.269. The number of benzene rings is 2. The predicted octanol–water partition coefficient (Wildman–Crippen LogP) is 4.62. The molecule has 0 aliphatic carbocycles. The molecular formula is C26H22F3N5O6. The van der Waals surface area contributed by atoms with E-state index in [0.717, 1.165) is 9.95 Å². The maximum Gasteiger partial charge on any atom is 0.389 e. The summed E-state index contributed by atoms with van der Waals surface area (Å²) >= 11 is 0. The number of hydrogen-bond donors (Lipinski definition) is 1. The second-order valence-corrected chi connectivity index (χ2v) is 8.65. The first-order chi connectivity index (χ1) is 19.2. The summed E-state index contributed by atoms with van der Waals surface area (Å²) in [5.41, 5.74) is -0.157. The highest BCUT2D eigenvalue weighted by Gasteiger charge is 2.29. The first kappa shape index (κ1) is 26.7. The van der Waals surface area contributed by atoms with Crippen molar-refractivity contribution < 1.29 is 36.7 Å². The number of alkyl halides is 3. The average molecular weight is 557 g/mol. The van der Waals surface area contributed by atoms with Crippen LogP contribution in [0.1, 0.15) is 30.3 Å². The summed E-state index contributed by atoms with van der Waals surface area (Å²) in [6.45, 7) is 0. The second kappa shape index (κ2) is 10.7. The van der Waals surface area contributed by atoms with Gasteiger partial charge in [-0.1, -0.05) is 23.4 Å². The van der Waals surface area contributed by atoms with Gasteiger partial charge < -0.3 is 23.5 Å². The number of aryl methyl sites for hydroxylation is 1. The van der Waals surface area contributed by atoms with Gasteiger partial charge in [0.25, 0.3) is 11.4 Å². The van der Waals surface area contributed by atoms with Crippen LogP contribution in [-0.4, -0.2) is 50.4 Å². The van der Waals surface area contributed by atoms with Crippen molar-refractivity contribution in [2.24, 2.45) is 0 Å². The molecule has 5 rings (SSSR count). The van der Waals surface area contributed by atoms with E-state index in [2.05, 4.69) is 20.3 Å². The molecule has 14 heteroatoms. The maximum absolute atomic E-state index is 13.9. The van der Waals surface area contributed by atoms with Crippen LogP contribution >= 0.6 is 0 Å². The van der Waals surface area contributed by atoms with Crippen molar-refractivity contribution in [1.29, 1.82) is 0 Å². The van der Waals surface area contributed by atoms with Gasteiger partial charge in [0.05, 0.1) is 20.6 Å². The largest absolute Gasteiger partial charge is 0.494 e. The molecule has 0 unspecified atom stereocenters. The molecule has 11 nitrogen and oxygen atoms in total. The van der Waals surface area contributed by atoms with Gasteiger partial charge in [0.1, 0.15) is 28.7 Å². The molecule has 0 aliphatic heterocycles. The third kappa shape index (κ3) is 5.19.